The molecule has 0 radical (unpaired) electrons. The summed E-state index contributed by atoms with van der Waals surface area (Å²) in [6.07, 6.45) is 4.17. The summed E-state index contributed by atoms with van der Waals surface area (Å²) in [5.74, 6) is 1.30. The number of fused-ring (bicyclic) bond motifs is 3. The lowest BCUT2D eigenvalue weighted by molar-refractivity contribution is 0.221. The molecule has 0 unspecified atom stereocenters. The third-order valence-electron chi connectivity index (χ3n) is 5.81. The molecular weight excluding hydrogens is 492 g/mol. The Morgan fingerprint density at radius 3 is 2.94 bits per heavy atom. The standard InChI is InChI=1S/C23H23ClN6O2S2/c1-2-33-23(32)26-14-9-10-30(12-14)22(31)29-21-27-17-8-7-13-11-25-20(28-18(13)19(17)34-21)15-5-3-4-6-16(15)24/h3-6,11,14H,2,7-10,12H2,1H3,(H,26,32)(H,27,29,31)/t14-/m0/s1. The number of thioether (sulfide) groups is 1. The molecule has 1 fully saturated rings. The molecule has 5 rings (SSSR count). The van der Waals surface area contributed by atoms with Gasteiger partial charge in [0, 0.05) is 30.9 Å². The molecular formula is C23H23ClN6O2S2. The molecule has 0 saturated carbocycles. The molecule has 11 heteroatoms. The molecule has 1 aliphatic heterocycles. The van der Waals surface area contributed by atoms with Crippen LogP contribution in [0.25, 0.3) is 22.0 Å². The van der Waals surface area contributed by atoms with Crippen LogP contribution in [0.3, 0.4) is 0 Å². The first-order chi connectivity index (χ1) is 16.5. The van der Waals surface area contributed by atoms with Crippen LogP contribution in [0, 0.1) is 0 Å². The van der Waals surface area contributed by atoms with E-state index >= 15 is 0 Å². The van der Waals surface area contributed by atoms with E-state index in [2.05, 4.69) is 20.6 Å². The summed E-state index contributed by atoms with van der Waals surface area (Å²) in [4.78, 5) is 41.3. The first kappa shape index (κ1) is 23.1. The van der Waals surface area contributed by atoms with Gasteiger partial charge in [0.05, 0.1) is 21.3 Å². The fraction of sp³-hybridized carbons (Fsp3) is 0.348. The Hall–Kier alpha value is -2.69. The van der Waals surface area contributed by atoms with E-state index in [1.54, 1.807) is 4.90 Å². The van der Waals surface area contributed by atoms with Gasteiger partial charge in [-0.05, 0) is 42.7 Å². The Balaban J connectivity index is 1.31. The van der Waals surface area contributed by atoms with E-state index in [9.17, 15) is 9.59 Å². The van der Waals surface area contributed by atoms with E-state index in [-0.39, 0.29) is 17.3 Å². The Kier molecular flexibility index (Phi) is 6.71. The summed E-state index contributed by atoms with van der Waals surface area (Å²) in [6, 6.07) is 7.29. The van der Waals surface area contributed by atoms with Crippen molar-refractivity contribution < 1.29 is 9.59 Å². The number of nitrogens with one attached hydrogen (secondary N) is 2. The zero-order valence-corrected chi connectivity index (χ0v) is 20.9. The second kappa shape index (κ2) is 9.89. The molecule has 0 bridgehead atoms. The molecule has 1 saturated heterocycles. The Bertz CT molecular complexity index is 1250. The van der Waals surface area contributed by atoms with Gasteiger partial charge in [0.2, 0.25) is 0 Å². The van der Waals surface area contributed by atoms with E-state index < -0.39 is 0 Å². The van der Waals surface area contributed by atoms with Crippen LogP contribution in [-0.4, -0.2) is 56.0 Å². The number of carbonyl (C=O) groups excluding carboxylic acids is 2. The number of aryl methyl sites for hydroxylation is 2. The van der Waals surface area contributed by atoms with Crippen LogP contribution in [0.5, 0.6) is 0 Å². The van der Waals surface area contributed by atoms with E-state index in [4.69, 9.17) is 16.6 Å². The summed E-state index contributed by atoms with van der Waals surface area (Å²) in [5.41, 5.74) is 3.62. The molecule has 2 N–H and O–H groups in total. The van der Waals surface area contributed by atoms with Crippen molar-refractivity contribution in [2.24, 2.45) is 0 Å². The van der Waals surface area contributed by atoms with Gasteiger partial charge in [0.1, 0.15) is 0 Å². The first-order valence-electron chi connectivity index (χ1n) is 11.1. The van der Waals surface area contributed by atoms with E-state index in [0.717, 1.165) is 52.4 Å². The number of likely N-dealkylation sites (tertiary alicyclic amines) is 1. The largest absolute Gasteiger partial charge is 0.342 e. The molecule has 2 aromatic heterocycles. The fourth-order valence-electron chi connectivity index (χ4n) is 4.14. The van der Waals surface area contributed by atoms with Gasteiger partial charge in [0.15, 0.2) is 11.0 Å². The van der Waals surface area contributed by atoms with Crippen LogP contribution in [-0.2, 0) is 12.8 Å². The molecule has 3 heterocycles. The van der Waals surface area contributed by atoms with Crippen molar-refractivity contribution >= 4 is 51.1 Å². The molecule has 2 aliphatic rings. The Morgan fingerprint density at radius 1 is 1.26 bits per heavy atom. The molecule has 1 aliphatic carbocycles. The number of hydrogen-bond donors (Lipinski definition) is 2. The van der Waals surface area contributed by atoms with Crippen LogP contribution in [0.2, 0.25) is 5.02 Å². The van der Waals surface area contributed by atoms with Gasteiger partial charge >= 0.3 is 6.03 Å². The van der Waals surface area contributed by atoms with Crippen molar-refractivity contribution in [1.82, 2.24) is 25.2 Å². The van der Waals surface area contributed by atoms with Crippen molar-refractivity contribution in [3.63, 3.8) is 0 Å². The smallest absolute Gasteiger partial charge is 0.323 e. The predicted octanol–water partition coefficient (Wildman–Crippen LogP) is 5.09. The third kappa shape index (κ3) is 4.75. The molecule has 3 amide bonds. The number of hydrogen-bond acceptors (Lipinski definition) is 7. The molecule has 8 nitrogen and oxygen atoms in total. The summed E-state index contributed by atoms with van der Waals surface area (Å²) in [7, 11) is 0. The topological polar surface area (TPSA) is 100 Å². The zero-order chi connectivity index (χ0) is 23.7. The second-order valence-electron chi connectivity index (χ2n) is 8.07. The maximum Gasteiger partial charge on any atom is 0.323 e. The summed E-state index contributed by atoms with van der Waals surface area (Å²) >= 11 is 9.02. The summed E-state index contributed by atoms with van der Waals surface area (Å²) in [5, 5.41) is 7.02. The van der Waals surface area contributed by atoms with Crippen molar-refractivity contribution in [3.8, 4) is 22.0 Å². The molecule has 176 valence electrons. The maximum absolute atomic E-state index is 12.8. The van der Waals surface area contributed by atoms with Crippen molar-refractivity contribution in [1.29, 1.82) is 0 Å². The lowest BCUT2D eigenvalue weighted by Crippen LogP contribution is -2.38. The average Bonchev–Trinajstić information content (AvgIpc) is 3.46. The number of benzene rings is 1. The van der Waals surface area contributed by atoms with Gasteiger partial charge in [0.25, 0.3) is 5.24 Å². The highest BCUT2D eigenvalue weighted by atomic mass is 35.5. The van der Waals surface area contributed by atoms with Crippen molar-refractivity contribution in [3.05, 3.63) is 46.7 Å². The maximum atomic E-state index is 12.8. The quantitative estimate of drug-likeness (QED) is 0.503. The lowest BCUT2D eigenvalue weighted by atomic mass is 9.99. The Morgan fingerprint density at radius 2 is 2.12 bits per heavy atom. The molecule has 1 aromatic carbocycles. The van der Waals surface area contributed by atoms with Gasteiger partial charge < -0.3 is 10.2 Å². The number of thiazole rings is 1. The number of nitrogens with zero attached hydrogens (tertiary/aromatic N) is 4. The van der Waals surface area contributed by atoms with Crippen LogP contribution in [0.1, 0.15) is 24.6 Å². The number of carbonyl (C=O) groups is 2. The number of aromatic nitrogens is 3. The average molecular weight is 515 g/mol. The van der Waals surface area contributed by atoms with Crippen molar-refractivity contribution in [2.45, 2.75) is 32.2 Å². The van der Waals surface area contributed by atoms with Gasteiger partial charge in [-0.15, -0.1) is 0 Å². The van der Waals surface area contributed by atoms with E-state index in [1.165, 1.54) is 23.1 Å². The SMILES string of the molecule is CCSC(=O)N[C@H]1CCN(C(=O)Nc2nc3c(s2)-c2nc(-c4ccccc4Cl)ncc2CC3)C1. The van der Waals surface area contributed by atoms with Gasteiger partial charge in [-0.3, -0.25) is 10.1 Å². The highest BCUT2D eigenvalue weighted by Crippen LogP contribution is 2.39. The van der Waals surface area contributed by atoms with Gasteiger partial charge in [-0.2, -0.15) is 0 Å². The lowest BCUT2D eigenvalue weighted by Gasteiger charge is -2.16. The van der Waals surface area contributed by atoms with E-state index in [1.807, 2.05) is 37.4 Å². The third-order valence-corrected chi connectivity index (χ3v) is 7.83. The molecule has 0 spiro atoms. The van der Waals surface area contributed by atoms with Crippen molar-refractivity contribution in [2.75, 3.05) is 24.2 Å². The summed E-state index contributed by atoms with van der Waals surface area (Å²) in [6.45, 7) is 3.02. The molecule has 34 heavy (non-hydrogen) atoms. The second-order valence-corrected chi connectivity index (χ2v) is 10.7. The van der Waals surface area contributed by atoms with Crippen LogP contribution in [0.4, 0.5) is 14.7 Å². The highest BCUT2D eigenvalue weighted by Gasteiger charge is 2.29. The number of rotatable bonds is 4. The minimum atomic E-state index is -0.203. The predicted molar refractivity (Wildman–Crippen MR) is 137 cm³/mol. The van der Waals surface area contributed by atoms with E-state index in [0.29, 0.717) is 29.1 Å². The van der Waals surface area contributed by atoms with Gasteiger partial charge in [-0.25, -0.2) is 19.7 Å². The summed E-state index contributed by atoms with van der Waals surface area (Å²) < 4.78 is 0. The van der Waals surface area contributed by atoms with Crippen LogP contribution < -0.4 is 10.6 Å². The first-order valence-corrected chi connectivity index (χ1v) is 13.3. The minimum absolute atomic E-state index is 0.0198. The number of halogens is 1. The number of amides is 3. The van der Waals surface area contributed by atoms with Gasteiger partial charge in [-0.1, -0.05) is 53.8 Å². The highest BCUT2D eigenvalue weighted by molar-refractivity contribution is 8.13. The number of anilines is 1. The molecule has 3 aromatic rings. The fourth-order valence-corrected chi connectivity index (χ4v) is 5.90. The monoisotopic (exact) mass is 514 g/mol. The van der Waals surface area contributed by atoms with Crippen LogP contribution in [0.15, 0.2) is 30.5 Å². The molecule has 1 atom stereocenters. The normalized spacial score (nSPS) is 16.6. The van der Waals surface area contributed by atoms with Crippen LogP contribution >= 0.6 is 34.7 Å². The zero-order valence-electron chi connectivity index (χ0n) is 18.5. The Labute approximate surface area is 210 Å². The minimum Gasteiger partial charge on any atom is -0.342 e. The number of urea groups is 1.